The highest BCUT2D eigenvalue weighted by atomic mass is 16.4. The number of aromatic nitrogens is 5. The number of aryl methyl sites for hydroxylation is 6. The summed E-state index contributed by atoms with van der Waals surface area (Å²) in [5.41, 5.74) is 2.58. The Kier molecular flexibility index (Phi) is 5.40. The van der Waals surface area contributed by atoms with Gasteiger partial charge >= 0.3 is 0 Å². The Morgan fingerprint density at radius 3 is 1.68 bits per heavy atom. The van der Waals surface area contributed by atoms with E-state index in [4.69, 9.17) is 22.1 Å². The van der Waals surface area contributed by atoms with Gasteiger partial charge in [-0.25, -0.2) is 24.9 Å². The summed E-state index contributed by atoms with van der Waals surface area (Å²) in [6.45, 7) is 13.1. The van der Waals surface area contributed by atoms with Gasteiger partial charge in [-0.1, -0.05) is 6.58 Å². The topological polar surface area (TPSA) is 159 Å². The summed E-state index contributed by atoms with van der Waals surface area (Å²) in [4.78, 5) is 35.6. The van der Waals surface area contributed by atoms with E-state index in [1.54, 1.807) is 34.6 Å². The number of nitrogens with zero attached hydrogens (tertiary/aromatic N) is 5. The van der Waals surface area contributed by atoms with Crippen LogP contribution in [0.3, 0.4) is 0 Å². The molecular formula is C26H24N6O6. The Morgan fingerprint density at radius 1 is 0.579 bits per heavy atom. The van der Waals surface area contributed by atoms with E-state index in [2.05, 4.69) is 36.8 Å². The van der Waals surface area contributed by atoms with Gasteiger partial charge in [0, 0.05) is 12.8 Å². The number of rotatable bonds is 0. The highest BCUT2D eigenvalue weighted by molar-refractivity contribution is 5.95. The molecule has 0 unspecified atom stereocenters. The molecule has 6 heterocycles. The Bertz CT molecular complexity index is 1730. The molecule has 0 amide bonds. The van der Waals surface area contributed by atoms with Gasteiger partial charge in [-0.3, -0.25) is 4.79 Å². The second-order valence-electron chi connectivity index (χ2n) is 9.05. The summed E-state index contributed by atoms with van der Waals surface area (Å²) in [6.07, 6.45) is 0.384. The zero-order valence-electron chi connectivity index (χ0n) is 21.5. The van der Waals surface area contributed by atoms with Gasteiger partial charge in [-0.2, -0.15) is 0 Å². The van der Waals surface area contributed by atoms with E-state index < -0.39 is 0 Å². The fourth-order valence-electron chi connectivity index (χ4n) is 4.32. The van der Waals surface area contributed by atoms with Crippen molar-refractivity contribution in [3.8, 4) is 34.8 Å². The van der Waals surface area contributed by atoms with Gasteiger partial charge in [0.2, 0.25) is 23.6 Å². The Morgan fingerprint density at radius 2 is 1.03 bits per heavy atom. The summed E-state index contributed by atoms with van der Waals surface area (Å²) in [5, 5.41) is 3.18. The van der Waals surface area contributed by atoms with Crippen molar-refractivity contribution in [2.45, 2.75) is 54.0 Å². The van der Waals surface area contributed by atoms with E-state index in [0.29, 0.717) is 74.9 Å². The van der Waals surface area contributed by atoms with Crippen LogP contribution >= 0.6 is 0 Å². The van der Waals surface area contributed by atoms with E-state index >= 15 is 0 Å². The van der Waals surface area contributed by atoms with Crippen molar-refractivity contribution >= 4 is 11.5 Å². The predicted octanol–water partition coefficient (Wildman–Crippen LogP) is 5.06. The first-order chi connectivity index (χ1) is 18.2. The molecule has 5 aromatic rings. The quantitative estimate of drug-likeness (QED) is 0.292. The molecule has 194 valence electrons. The molecule has 12 heteroatoms. The van der Waals surface area contributed by atoms with Crippen molar-refractivity contribution in [1.29, 1.82) is 0 Å². The fourth-order valence-corrected chi connectivity index (χ4v) is 4.32. The van der Waals surface area contributed by atoms with Crippen LogP contribution in [0.2, 0.25) is 0 Å². The number of hydrogen-bond donors (Lipinski definition) is 1. The standard InChI is InChI=1S/C26H24N6O6/c1-10-19-11(2)36-24(30-19)21-13(4)34-17(28-21)8-7-16(33)20-12(3)37-26(31-20)23-15(6)38-25(32-23)22-14(5)35-18(29-22)9-27-10/h27H,1,7-9H2,2-6H3. The molecular weight excluding hydrogens is 492 g/mol. The van der Waals surface area contributed by atoms with Gasteiger partial charge in [0.15, 0.2) is 28.8 Å². The lowest BCUT2D eigenvalue weighted by Gasteiger charge is -2.04. The maximum atomic E-state index is 13.0. The van der Waals surface area contributed by atoms with Gasteiger partial charge in [-0.15, -0.1) is 0 Å². The summed E-state index contributed by atoms with van der Waals surface area (Å²) < 4.78 is 29.2. The van der Waals surface area contributed by atoms with Gasteiger partial charge in [0.1, 0.15) is 40.2 Å². The van der Waals surface area contributed by atoms with Crippen molar-refractivity contribution in [3.63, 3.8) is 0 Å². The van der Waals surface area contributed by atoms with Crippen molar-refractivity contribution in [3.05, 3.63) is 58.5 Å². The minimum Gasteiger partial charge on any atom is -0.445 e. The van der Waals surface area contributed by atoms with Crippen LogP contribution in [0.5, 0.6) is 0 Å². The average molecular weight is 517 g/mol. The molecule has 0 spiro atoms. The number of carbonyl (C=O) groups is 1. The second-order valence-corrected chi connectivity index (χ2v) is 9.05. The maximum absolute atomic E-state index is 13.0. The van der Waals surface area contributed by atoms with Gasteiger partial charge < -0.3 is 27.4 Å². The number of hydrogen-bond acceptors (Lipinski definition) is 12. The summed E-state index contributed by atoms with van der Waals surface area (Å²) in [7, 11) is 0. The number of oxazole rings is 5. The molecule has 1 N–H and O–H groups in total. The molecule has 0 aromatic carbocycles. The first-order valence-electron chi connectivity index (χ1n) is 12.0. The van der Waals surface area contributed by atoms with Crippen LogP contribution in [-0.2, 0) is 13.0 Å². The van der Waals surface area contributed by atoms with Crippen molar-refractivity contribution in [1.82, 2.24) is 30.2 Å². The van der Waals surface area contributed by atoms with Crippen LogP contribution in [0.15, 0.2) is 28.7 Å². The van der Waals surface area contributed by atoms with Gasteiger partial charge in [0.25, 0.3) is 0 Å². The fraction of sp³-hybridized carbons (Fsp3) is 0.308. The van der Waals surface area contributed by atoms with Crippen molar-refractivity contribution < 1.29 is 26.9 Å². The Labute approximate surface area is 216 Å². The minimum atomic E-state index is -0.212. The lowest BCUT2D eigenvalue weighted by Crippen LogP contribution is -2.12. The van der Waals surface area contributed by atoms with E-state index in [1.807, 2.05) is 0 Å². The molecule has 38 heavy (non-hydrogen) atoms. The predicted molar refractivity (Wildman–Crippen MR) is 132 cm³/mol. The average Bonchev–Trinajstić information content (AvgIpc) is 3.67. The third-order valence-electron chi connectivity index (χ3n) is 6.25. The number of nitrogens with one attached hydrogen (secondary N) is 1. The van der Waals surface area contributed by atoms with E-state index in [-0.39, 0.29) is 42.6 Å². The monoisotopic (exact) mass is 516 g/mol. The molecule has 1 aliphatic heterocycles. The molecule has 12 nitrogen and oxygen atoms in total. The minimum absolute atomic E-state index is 0.118. The Hall–Kier alpha value is -4.74. The number of fused-ring (bicyclic) bond motifs is 13. The zero-order valence-corrected chi connectivity index (χ0v) is 21.5. The van der Waals surface area contributed by atoms with E-state index in [1.165, 1.54) is 0 Å². The molecule has 6 rings (SSSR count). The first-order valence-corrected chi connectivity index (χ1v) is 12.0. The van der Waals surface area contributed by atoms with E-state index in [0.717, 1.165) is 0 Å². The van der Waals surface area contributed by atoms with Crippen molar-refractivity contribution in [2.24, 2.45) is 0 Å². The molecule has 0 fully saturated rings. The zero-order chi connectivity index (χ0) is 26.7. The van der Waals surface area contributed by atoms with Crippen LogP contribution in [-0.4, -0.2) is 30.7 Å². The first kappa shape index (κ1) is 23.6. The SMILES string of the molecule is C=C1NCc2nc(c(C)o2)-c2nc(c(C)o2)-c2nc(c(C)o2)C(=O)CCc2nc(c(C)o2)-c2nc1c(C)o2. The number of Topliss-reactive ketones (excluding diaryl/α,β-unsaturated/α-hetero) is 1. The molecule has 10 bridgehead atoms. The summed E-state index contributed by atoms with van der Waals surface area (Å²) in [6, 6.07) is 0. The second kappa shape index (κ2) is 8.68. The summed E-state index contributed by atoms with van der Waals surface area (Å²) in [5.74, 6) is 3.79. The van der Waals surface area contributed by atoms with Crippen LogP contribution in [0.25, 0.3) is 40.5 Å². The molecule has 0 saturated heterocycles. The summed E-state index contributed by atoms with van der Waals surface area (Å²) >= 11 is 0. The molecule has 0 aliphatic carbocycles. The highest BCUT2D eigenvalue weighted by Crippen LogP contribution is 2.32. The van der Waals surface area contributed by atoms with Crippen LogP contribution in [0.1, 0.15) is 63.2 Å². The third kappa shape index (κ3) is 3.94. The lowest BCUT2D eigenvalue weighted by molar-refractivity contribution is 0.0974. The maximum Gasteiger partial charge on any atom is 0.249 e. The normalized spacial score (nSPS) is 13.9. The third-order valence-corrected chi connectivity index (χ3v) is 6.25. The molecule has 1 aliphatic rings. The Balaban J connectivity index is 1.43. The van der Waals surface area contributed by atoms with Crippen LogP contribution < -0.4 is 5.32 Å². The largest absolute Gasteiger partial charge is 0.445 e. The number of carbonyl (C=O) groups excluding carboxylic acids is 1. The molecule has 0 saturated carbocycles. The van der Waals surface area contributed by atoms with E-state index in [9.17, 15) is 4.79 Å². The van der Waals surface area contributed by atoms with Crippen LogP contribution in [0, 0.1) is 34.6 Å². The van der Waals surface area contributed by atoms with Gasteiger partial charge in [-0.05, 0) is 34.6 Å². The smallest absolute Gasteiger partial charge is 0.249 e. The lowest BCUT2D eigenvalue weighted by atomic mass is 10.1. The molecule has 0 radical (unpaired) electrons. The molecule has 0 atom stereocenters. The van der Waals surface area contributed by atoms with Crippen molar-refractivity contribution in [2.75, 3.05) is 0 Å². The van der Waals surface area contributed by atoms with Crippen LogP contribution in [0.4, 0.5) is 0 Å². The van der Waals surface area contributed by atoms with Gasteiger partial charge in [0.05, 0.1) is 12.2 Å². The highest BCUT2D eigenvalue weighted by Gasteiger charge is 2.26. The molecule has 5 aromatic heterocycles. The number of ketones is 1.